The van der Waals surface area contributed by atoms with Crippen molar-refractivity contribution < 1.29 is 9.53 Å². The summed E-state index contributed by atoms with van der Waals surface area (Å²) in [6.45, 7) is 0. The van der Waals surface area contributed by atoms with Crippen LogP contribution in [-0.2, 0) is 10.5 Å². The zero-order chi connectivity index (χ0) is 19.8. The highest BCUT2D eigenvalue weighted by molar-refractivity contribution is 8.00. The van der Waals surface area contributed by atoms with Crippen LogP contribution >= 0.6 is 23.1 Å². The third kappa shape index (κ3) is 5.67. The molecule has 0 bridgehead atoms. The second-order valence-corrected chi connectivity index (χ2v) is 7.77. The van der Waals surface area contributed by atoms with E-state index in [1.807, 2.05) is 36.4 Å². The number of nitrogens with one attached hydrogen (secondary N) is 1. The summed E-state index contributed by atoms with van der Waals surface area (Å²) < 4.78 is 5.92. The number of carbonyl (C=O) groups is 1. The fourth-order valence-corrected chi connectivity index (χ4v) is 3.91. The van der Waals surface area contributed by atoms with Crippen LogP contribution in [0.15, 0.2) is 58.9 Å². The summed E-state index contributed by atoms with van der Waals surface area (Å²) in [4.78, 5) is 12.1. The van der Waals surface area contributed by atoms with E-state index in [0.717, 1.165) is 21.2 Å². The van der Waals surface area contributed by atoms with Crippen LogP contribution in [-0.4, -0.2) is 23.2 Å². The lowest BCUT2D eigenvalue weighted by Gasteiger charge is -2.00. The van der Waals surface area contributed by atoms with Crippen molar-refractivity contribution in [3.8, 4) is 11.8 Å². The Morgan fingerprint density at radius 3 is 2.86 bits per heavy atom. The monoisotopic (exact) mass is 408 g/mol. The van der Waals surface area contributed by atoms with Crippen molar-refractivity contribution in [1.29, 1.82) is 5.26 Å². The zero-order valence-corrected chi connectivity index (χ0v) is 16.6. The maximum atomic E-state index is 12.1. The summed E-state index contributed by atoms with van der Waals surface area (Å²) >= 11 is 2.85. The number of methoxy groups -OCH3 is 1. The minimum atomic E-state index is -0.275. The lowest BCUT2D eigenvalue weighted by molar-refractivity contribution is -0.111. The van der Waals surface area contributed by atoms with Gasteiger partial charge in [0.05, 0.1) is 18.7 Å². The van der Waals surface area contributed by atoms with Crippen LogP contribution in [0.25, 0.3) is 6.08 Å². The summed E-state index contributed by atoms with van der Waals surface area (Å²) in [5.74, 6) is 1.17. The molecular weight excluding hydrogens is 392 g/mol. The normalized spacial score (nSPS) is 10.6. The molecule has 28 heavy (non-hydrogen) atoms. The number of hydrogen-bond acceptors (Lipinski definition) is 7. The first-order valence-electron chi connectivity index (χ1n) is 8.25. The van der Waals surface area contributed by atoms with Gasteiger partial charge in [-0.1, -0.05) is 47.4 Å². The van der Waals surface area contributed by atoms with Crippen molar-refractivity contribution in [2.45, 2.75) is 10.1 Å². The predicted molar refractivity (Wildman–Crippen MR) is 111 cm³/mol. The van der Waals surface area contributed by atoms with Crippen molar-refractivity contribution in [2.75, 3.05) is 12.4 Å². The molecule has 3 aromatic rings. The second kappa shape index (κ2) is 9.69. The molecule has 0 spiro atoms. The van der Waals surface area contributed by atoms with Crippen molar-refractivity contribution in [1.82, 2.24) is 10.2 Å². The highest BCUT2D eigenvalue weighted by atomic mass is 32.2. The Morgan fingerprint density at radius 1 is 1.29 bits per heavy atom. The van der Waals surface area contributed by atoms with Gasteiger partial charge in [-0.15, -0.1) is 10.2 Å². The van der Waals surface area contributed by atoms with Crippen LogP contribution in [0.3, 0.4) is 0 Å². The van der Waals surface area contributed by atoms with Gasteiger partial charge in [-0.3, -0.25) is 10.1 Å². The highest BCUT2D eigenvalue weighted by Crippen LogP contribution is 2.28. The van der Waals surface area contributed by atoms with E-state index in [4.69, 9.17) is 10.00 Å². The van der Waals surface area contributed by atoms with Crippen molar-refractivity contribution in [2.24, 2.45) is 0 Å². The number of thioether (sulfide) groups is 1. The number of aromatic nitrogens is 2. The molecule has 0 unspecified atom stereocenters. The molecule has 1 heterocycles. The summed E-state index contributed by atoms with van der Waals surface area (Å²) in [5.41, 5.74) is 2.59. The molecule has 3 rings (SSSR count). The molecule has 1 N–H and O–H groups in total. The number of hydrogen-bond donors (Lipinski definition) is 1. The van der Waals surface area contributed by atoms with E-state index in [1.165, 1.54) is 29.2 Å². The standard InChI is InChI=1S/C20H16N4O2S2/c1-26-17-4-2-3-14(11-17)9-10-18(25)22-19-23-24-20(28-19)27-13-16-7-5-15(12-21)6-8-16/h2-11H,13H2,1H3,(H,22,23,25)/b10-9+. The van der Waals surface area contributed by atoms with E-state index in [1.54, 1.807) is 25.3 Å². The number of rotatable bonds is 7. The number of ether oxygens (including phenoxy) is 1. The molecular formula is C20H16N4O2S2. The fourth-order valence-electron chi connectivity index (χ4n) is 2.20. The number of nitrogens with zero attached hydrogens (tertiary/aromatic N) is 3. The van der Waals surface area contributed by atoms with Gasteiger partial charge in [0.1, 0.15) is 5.75 Å². The first kappa shape index (κ1) is 19.6. The molecule has 6 nitrogen and oxygen atoms in total. The molecule has 0 atom stereocenters. The Hall–Kier alpha value is -3.15. The van der Waals surface area contributed by atoms with Crippen molar-refractivity contribution in [3.05, 3.63) is 71.3 Å². The Labute approximate surface area is 170 Å². The summed E-state index contributed by atoms with van der Waals surface area (Å²) in [6.07, 6.45) is 3.15. The Morgan fingerprint density at radius 2 is 2.11 bits per heavy atom. The van der Waals surface area contributed by atoms with E-state index in [2.05, 4.69) is 21.6 Å². The predicted octanol–water partition coefficient (Wildman–Crippen LogP) is 4.36. The number of amides is 1. The van der Waals surface area contributed by atoms with E-state index in [9.17, 15) is 4.79 Å². The van der Waals surface area contributed by atoms with Crippen LogP contribution in [0.2, 0.25) is 0 Å². The molecule has 0 saturated heterocycles. The van der Waals surface area contributed by atoms with Gasteiger partial charge >= 0.3 is 0 Å². The number of nitriles is 1. The average Bonchev–Trinajstić information content (AvgIpc) is 3.18. The topological polar surface area (TPSA) is 87.9 Å². The molecule has 0 aliphatic rings. The van der Waals surface area contributed by atoms with Gasteiger partial charge in [0.15, 0.2) is 4.34 Å². The SMILES string of the molecule is COc1cccc(/C=C/C(=O)Nc2nnc(SCc3ccc(C#N)cc3)s2)c1. The highest BCUT2D eigenvalue weighted by Gasteiger charge is 2.07. The van der Waals surface area contributed by atoms with Gasteiger partial charge in [-0.25, -0.2) is 0 Å². The molecule has 0 aliphatic carbocycles. The lowest BCUT2D eigenvalue weighted by Crippen LogP contribution is -2.07. The first-order chi connectivity index (χ1) is 13.7. The Balaban J connectivity index is 1.52. The molecule has 140 valence electrons. The van der Waals surface area contributed by atoms with Crippen molar-refractivity contribution >= 4 is 40.2 Å². The molecule has 0 aliphatic heterocycles. The molecule has 2 aromatic carbocycles. The molecule has 0 radical (unpaired) electrons. The maximum Gasteiger partial charge on any atom is 0.250 e. The van der Waals surface area contributed by atoms with Crippen LogP contribution in [0.1, 0.15) is 16.7 Å². The van der Waals surface area contributed by atoms with E-state index < -0.39 is 0 Å². The number of anilines is 1. The number of carbonyl (C=O) groups excluding carboxylic acids is 1. The minimum absolute atomic E-state index is 0.275. The molecule has 8 heteroatoms. The Kier molecular flexibility index (Phi) is 6.78. The lowest BCUT2D eigenvalue weighted by atomic mass is 10.2. The Bertz CT molecular complexity index is 1020. The van der Waals surface area contributed by atoms with Crippen LogP contribution in [0.5, 0.6) is 5.75 Å². The fraction of sp³-hybridized carbons (Fsp3) is 0.100. The smallest absolute Gasteiger partial charge is 0.250 e. The summed E-state index contributed by atoms with van der Waals surface area (Å²) in [5, 5.41) is 20.1. The van der Waals surface area contributed by atoms with Gasteiger partial charge in [0.2, 0.25) is 11.0 Å². The summed E-state index contributed by atoms with van der Waals surface area (Å²) in [7, 11) is 1.60. The quantitative estimate of drug-likeness (QED) is 0.355. The second-order valence-electron chi connectivity index (χ2n) is 5.57. The molecule has 0 saturated carbocycles. The van der Waals surface area contributed by atoms with E-state index in [-0.39, 0.29) is 5.91 Å². The third-order valence-corrected chi connectivity index (χ3v) is 5.65. The van der Waals surface area contributed by atoms with Crippen LogP contribution in [0, 0.1) is 11.3 Å². The van der Waals surface area contributed by atoms with Crippen LogP contribution < -0.4 is 10.1 Å². The average molecular weight is 409 g/mol. The molecule has 1 aromatic heterocycles. The first-order valence-corrected chi connectivity index (χ1v) is 10.0. The molecule has 1 amide bonds. The molecule has 0 fully saturated rings. The largest absolute Gasteiger partial charge is 0.497 e. The van der Waals surface area contributed by atoms with Crippen molar-refractivity contribution in [3.63, 3.8) is 0 Å². The maximum absolute atomic E-state index is 12.1. The van der Waals surface area contributed by atoms with E-state index >= 15 is 0 Å². The van der Waals surface area contributed by atoms with Gasteiger partial charge < -0.3 is 4.74 Å². The van der Waals surface area contributed by atoms with Crippen LogP contribution in [0.4, 0.5) is 5.13 Å². The number of benzene rings is 2. The van der Waals surface area contributed by atoms with Gasteiger partial charge in [0, 0.05) is 11.8 Å². The van der Waals surface area contributed by atoms with Gasteiger partial charge in [0.25, 0.3) is 0 Å². The van der Waals surface area contributed by atoms with E-state index in [0.29, 0.717) is 16.4 Å². The van der Waals surface area contributed by atoms with Gasteiger partial charge in [-0.05, 0) is 41.5 Å². The zero-order valence-electron chi connectivity index (χ0n) is 15.0. The minimum Gasteiger partial charge on any atom is -0.497 e. The third-order valence-electron chi connectivity index (χ3n) is 3.60. The summed E-state index contributed by atoms with van der Waals surface area (Å²) in [6, 6.07) is 16.9. The van der Waals surface area contributed by atoms with Gasteiger partial charge in [-0.2, -0.15) is 5.26 Å².